The molecule has 2 rings (SSSR count). The predicted molar refractivity (Wildman–Crippen MR) is 80.9 cm³/mol. The maximum Gasteiger partial charge on any atom is 0.319 e. The molecule has 112 valence electrons. The van der Waals surface area contributed by atoms with Crippen LogP contribution in [0.15, 0.2) is 42.7 Å². The normalized spacial score (nSPS) is 11.9. The van der Waals surface area contributed by atoms with Crippen molar-refractivity contribution in [3.05, 3.63) is 48.3 Å². The van der Waals surface area contributed by atoms with E-state index in [1.807, 2.05) is 16.9 Å². The van der Waals surface area contributed by atoms with Gasteiger partial charge >= 0.3 is 6.03 Å². The van der Waals surface area contributed by atoms with Gasteiger partial charge in [0, 0.05) is 31.2 Å². The molecule has 0 spiro atoms. The molecule has 1 atom stereocenters. The Bertz CT molecular complexity index is 550. The Labute approximate surface area is 123 Å². The predicted octanol–water partition coefficient (Wildman–Crippen LogP) is 2.15. The van der Waals surface area contributed by atoms with Gasteiger partial charge in [0.05, 0.1) is 6.10 Å². The number of aliphatic hydroxyl groups is 1. The lowest BCUT2D eigenvalue weighted by Gasteiger charge is -2.09. The maximum absolute atomic E-state index is 11.7. The third-order valence-corrected chi connectivity index (χ3v) is 3.06. The van der Waals surface area contributed by atoms with E-state index in [4.69, 9.17) is 0 Å². The molecule has 1 aromatic carbocycles. The molecule has 1 heterocycles. The van der Waals surface area contributed by atoms with Gasteiger partial charge in [-0.15, -0.1) is 0 Å². The first-order valence-corrected chi connectivity index (χ1v) is 6.95. The van der Waals surface area contributed by atoms with Crippen molar-refractivity contribution >= 4 is 11.7 Å². The van der Waals surface area contributed by atoms with E-state index in [0.717, 1.165) is 18.5 Å². The molecule has 1 unspecified atom stereocenters. The Kier molecular flexibility index (Phi) is 5.34. The molecule has 0 aliphatic heterocycles. The summed E-state index contributed by atoms with van der Waals surface area (Å²) in [6.07, 6.45) is 3.94. The summed E-state index contributed by atoms with van der Waals surface area (Å²) in [5, 5.41) is 19.0. The van der Waals surface area contributed by atoms with Crippen LogP contribution in [0.25, 0.3) is 0 Å². The SMILES string of the molecule is CC(O)c1ccc(NC(=O)NCCCn2cccn2)cc1. The average molecular weight is 288 g/mol. The highest BCUT2D eigenvalue weighted by Crippen LogP contribution is 2.15. The molecule has 2 amide bonds. The highest BCUT2D eigenvalue weighted by atomic mass is 16.3. The van der Waals surface area contributed by atoms with Gasteiger partial charge < -0.3 is 15.7 Å². The fraction of sp³-hybridized carbons (Fsp3) is 0.333. The third-order valence-electron chi connectivity index (χ3n) is 3.06. The highest BCUT2D eigenvalue weighted by molar-refractivity contribution is 5.89. The summed E-state index contributed by atoms with van der Waals surface area (Å²) in [6.45, 7) is 3.06. The number of nitrogens with zero attached hydrogens (tertiary/aromatic N) is 2. The van der Waals surface area contributed by atoms with Crippen LogP contribution in [0.4, 0.5) is 10.5 Å². The number of rotatable bonds is 6. The van der Waals surface area contributed by atoms with E-state index in [-0.39, 0.29) is 6.03 Å². The number of amides is 2. The quantitative estimate of drug-likeness (QED) is 0.713. The number of aryl methyl sites for hydroxylation is 1. The topological polar surface area (TPSA) is 79.2 Å². The number of aromatic nitrogens is 2. The van der Waals surface area contributed by atoms with Gasteiger partial charge in [-0.3, -0.25) is 4.68 Å². The molecule has 21 heavy (non-hydrogen) atoms. The van der Waals surface area contributed by atoms with Gasteiger partial charge in [0.25, 0.3) is 0 Å². The van der Waals surface area contributed by atoms with E-state index in [1.165, 1.54) is 0 Å². The van der Waals surface area contributed by atoms with Crippen LogP contribution >= 0.6 is 0 Å². The summed E-state index contributed by atoms with van der Waals surface area (Å²) >= 11 is 0. The number of anilines is 1. The zero-order valence-corrected chi connectivity index (χ0v) is 12.0. The van der Waals surface area contributed by atoms with Crippen molar-refractivity contribution in [2.24, 2.45) is 0 Å². The van der Waals surface area contributed by atoms with Gasteiger partial charge in [-0.05, 0) is 37.1 Å². The van der Waals surface area contributed by atoms with E-state index in [9.17, 15) is 9.90 Å². The second-order valence-electron chi connectivity index (χ2n) is 4.80. The minimum absolute atomic E-state index is 0.236. The Morgan fingerprint density at radius 1 is 1.38 bits per heavy atom. The first kappa shape index (κ1) is 15.1. The number of nitrogens with one attached hydrogen (secondary N) is 2. The number of aliphatic hydroxyl groups excluding tert-OH is 1. The van der Waals surface area contributed by atoms with Crippen LogP contribution in [-0.4, -0.2) is 27.5 Å². The van der Waals surface area contributed by atoms with Crippen LogP contribution in [0, 0.1) is 0 Å². The van der Waals surface area contributed by atoms with Crippen LogP contribution in [0.5, 0.6) is 0 Å². The first-order valence-electron chi connectivity index (χ1n) is 6.95. The maximum atomic E-state index is 11.7. The van der Waals surface area contributed by atoms with E-state index >= 15 is 0 Å². The number of benzene rings is 1. The van der Waals surface area contributed by atoms with Gasteiger partial charge in [-0.25, -0.2) is 4.79 Å². The summed E-state index contributed by atoms with van der Waals surface area (Å²) in [5.41, 5.74) is 1.52. The molecule has 0 saturated carbocycles. The lowest BCUT2D eigenvalue weighted by molar-refractivity contribution is 0.199. The molecule has 3 N–H and O–H groups in total. The molecule has 2 aromatic rings. The Balaban J connectivity index is 1.69. The zero-order chi connectivity index (χ0) is 15.1. The summed E-state index contributed by atoms with van der Waals surface area (Å²) in [5.74, 6) is 0. The minimum Gasteiger partial charge on any atom is -0.389 e. The monoisotopic (exact) mass is 288 g/mol. The Hall–Kier alpha value is -2.34. The molecule has 0 saturated heterocycles. The molecule has 0 aliphatic carbocycles. The van der Waals surface area contributed by atoms with Crippen LogP contribution < -0.4 is 10.6 Å². The van der Waals surface area contributed by atoms with Crippen LogP contribution in [0.1, 0.15) is 25.0 Å². The summed E-state index contributed by atoms with van der Waals surface area (Å²) < 4.78 is 1.83. The largest absolute Gasteiger partial charge is 0.389 e. The number of carbonyl (C=O) groups excluding carboxylic acids is 1. The van der Waals surface area contributed by atoms with Crippen molar-refractivity contribution in [3.8, 4) is 0 Å². The van der Waals surface area contributed by atoms with Gasteiger partial charge in [-0.2, -0.15) is 5.10 Å². The van der Waals surface area contributed by atoms with E-state index in [0.29, 0.717) is 12.2 Å². The number of hydrogen-bond acceptors (Lipinski definition) is 3. The van der Waals surface area contributed by atoms with Crippen molar-refractivity contribution in [1.82, 2.24) is 15.1 Å². The van der Waals surface area contributed by atoms with Crippen LogP contribution in [-0.2, 0) is 6.54 Å². The van der Waals surface area contributed by atoms with Crippen molar-refractivity contribution in [3.63, 3.8) is 0 Å². The molecule has 0 bridgehead atoms. The van der Waals surface area contributed by atoms with Crippen molar-refractivity contribution < 1.29 is 9.90 Å². The van der Waals surface area contributed by atoms with E-state index in [1.54, 1.807) is 37.4 Å². The molecule has 0 radical (unpaired) electrons. The lowest BCUT2D eigenvalue weighted by atomic mass is 10.1. The van der Waals surface area contributed by atoms with E-state index < -0.39 is 6.10 Å². The smallest absolute Gasteiger partial charge is 0.319 e. The summed E-state index contributed by atoms with van der Waals surface area (Å²) in [4.78, 5) is 11.7. The zero-order valence-electron chi connectivity index (χ0n) is 12.0. The van der Waals surface area contributed by atoms with E-state index in [2.05, 4.69) is 15.7 Å². The van der Waals surface area contributed by atoms with Gasteiger partial charge in [0.2, 0.25) is 0 Å². The minimum atomic E-state index is -0.504. The van der Waals surface area contributed by atoms with Gasteiger partial charge in [-0.1, -0.05) is 12.1 Å². The summed E-state index contributed by atoms with van der Waals surface area (Å²) in [6, 6.07) is 8.75. The number of carbonyl (C=O) groups is 1. The Morgan fingerprint density at radius 2 is 2.14 bits per heavy atom. The average Bonchev–Trinajstić information content (AvgIpc) is 2.97. The Morgan fingerprint density at radius 3 is 2.76 bits per heavy atom. The molecular weight excluding hydrogens is 268 g/mol. The fourth-order valence-corrected chi connectivity index (χ4v) is 1.90. The number of hydrogen-bond donors (Lipinski definition) is 3. The van der Waals surface area contributed by atoms with Crippen molar-refractivity contribution in [2.75, 3.05) is 11.9 Å². The van der Waals surface area contributed by atoms with Gasteiger partial charge in [0.15, 0.2) is 0 Å². The molecular formula is C15H20N4O2. The molecule has 0 fully saturated rings. The molecule has 6 heteroatoms. The third kappa shape index (κ3) is 4.92. The molecule has 1 aromatic heterocycles. The fourth-order valence-electron chi connectivity index (χ4n) is 1.90. The van der Waals surface area contributed by atoms with Crippen molar-refractivity contribution in [1.29, 1.82) is 0 Å². The van der Waals surface area contributed by atoms with Crippen LogP contribution in [0.2, 0.25) is 0 Å². The lowest BCUT2D eigenvalue weighted by Crippen LogP contribution is -2.30. The molecule has 6 nitrogen and oxygen atoms in total. The molecule has 0 aliphatic rings. The van der Waals surface area contributed by atoms with Gasteiger partial charge in [0.1, 0.15) is 0 Å². The second-order valence-corrected chi connectivity index (χ2v) is 4.80. The van der Waals surface area contributed by atoms with Crippen LogP contribution in [0.3, 0.4) is 0 Å². The second kappa shape index (κ2) is 7.44. The van der Waals surface area contributed by atoms with Crippen molar-refractivity contribution in [2.45, 2.75) is 26.0 Å². The number of urea groups is 1. The standard InChI is InChI=1S/C15H20N4O2/c1-12(20)13-4-6-14(7-5-13)18-15(21)16-8-2-10-19-11-3-9-17-19/h3-7,9,11-12,20H,2,8,10H2,1H3,(H2,16,18,21). The first-order chi connectivity index (χ1) is 10.1. The highest BCUT2D eigenvalue weighted by Gasteiger charge is 2.03. The summed E-state index contributed by atoms with van der Waals surface area (Å²) in [7, 11) is 0.